The first-order valence-corrected chi connectivity index (χ1v) is 6.55. The molecule has 1 rings (SSSR count). The van der Waals surface area contributed by atoms with Gasteiger partial charge in [0.15, 0.2) is 11.5 Å². The van der Waals surface area contributed by atoms with E-state index in [1.165, 1.54) is 0 Å². The molecule has 0 bridgehead atoms. The second-order valence-electron chi connectivity index (χ2n) is 5.33. The molecule has 0 radical (unpaired) electrons. The van der Waals surface area contributed by atoms with Gasteiger partial charge in [-0.05, 0) is 38.5 Å². The average Bonchev–Trinajstić information content (AvgIpc) is 2.41. The zero-order chi connectivity index (χ0) is 15.9. The number of rotatable bonds is 5. The Morgan fingerprint density at radius 1 is 1.33 bits per heavy atom. The maximum absolute atomic E-state index is 11.6. The lowest BCUT2D eigenvalue weighted by molar-refractivity contribution is 0.0523. The predicted molar refractivity (Wildman–Crippen MR) is 80.4 cm³/mol. The largest absolute Gasteiger partial charge is 0.493 e. The molecule has 5 nitrogen and oxygen atoms in total. The third-order valence-electron chi connectivity index (χ3n) is 2.37. The second-order valence-corrected chi connectivity index (χ2v) is 5.33. The zero-order valence-electron chi connectivity index (χ0n) is 12.9. The number of benzene rings is 1. The molecule has 0 aliphatic heterocycles. The van der Waals surface area contributed by atoms with Crippen LogP contribution in [0.15, 0.2) is 18.2 Å². The van der Waals surface area contributed by atoms with E-state index < -0.39 is 11.7 Å². The van der Waals surface area contributed by atoms with E-state index in [-0.39, 0.29) is 6.61 Å². The number of alkyl carbamates (subject to hydrolysis) is 1. The number of hydrogen-bond acceptors (Lipinski definition) is 4. The monoisotopic (exact) mass is 291 g/mol. The van der Waals surface area contributed by atoms with Crippen LogP contribution in [0.1, 0.15) is 26.3 Å². The van der Waals surface area contributed by atoms with Crippen LogP contribution in [0.3, 0.4) is 0 Å². The summed E-state index contributed by atoms with van der Waals surface area (Å²) in [6, 6.07) is 5.37. The summed E-state index contributed by atoms with van der Waals surface area (Å²) in [5.41, 5.74) is 0.333. The molecule has 0 atom stereocenters. The Kier molecular flexibility index (Phi) is 5.92. The summed E-state index contributed by atoms with van der Waals surface area (Å²) < 4.78 is 15.8. The molecule has 1 aromatic carbocycles. The van der Waals surface area contributed by atoms with E-state index in [1.807, 2.05) is 26.8 Å². The Bertz CT molecular complexity index is 526. The van der Waals surface area contributed by atoms with Gasteiger partial charge >= 0.3 is 6.09 Å². The van der Waals surface area contributed by atoms with Gasteiger partial charge in [0.25, 0.3) is 0 Å². The van der Waals surface area contributed by atoms with Crippen molar-refractivity contribution in [2.24, 2.45) is 0 Å². The van der Waals surface area contributed by atoms with Crippen LogP contribution < -0.4 is 14.8 Å². The Balaban J connectivity index is 2.67. The second kappa shape index (κ2) is 7.44. The predicted octanol–water partition coefficient (Wildman–Crippen LogP) is 2.73. The fourth-order valence-electron chi connectivity index (χ4n) is 1.55. The molecule has 5 heteroatoms. The smallest absolute Gasteiger partial charge is 0.407 e. The van der Waals surface area contributed by atoms with Crippen LogP contribution in [0.2, 0.25) is 0 Å². The molecule has 0 heterocycles. The quantitative estimate of drug-likeness (QED) is 0.848. The minimum Gasteiger partial charge on any atom is -0.493 e. The first-order valence-electron chi connectivity index (χ1n) is 6.55. The fraction of sp³-hybridized carbons (Fsp3) is 0.438. The standard InChI is InChI=1S/C16H21NO4/c1-6-9-20-14-10-12(7-8-13(14)19-5)11-17-15(18)21-16(2,3)4/h1,7-8,10H,9,11H2,2-5H3,(H,17,18). The van der Waals surface area contributed by atoms with Gasteiger partial charge in [0.1, 0.15) is 12.2 Å². The highest BCUT2D eigenvalue weighted by Gasteiger charge is 2.16. The third kappa shape index (κ3) is 6.09. The highest BCUT2D eigenvalue weighted by atomic mass is 16.6. The van der Waals surface area contributed by atoms with Gasteiger partial charge in [0.05, 0.1) is 7.11 Å². The van der Waals surface area contributed by atoms with Gasteiger partial charge in [0, 0.05) is 6.54 Å². The van der Waals surface area contributed by atoms with Crippen molar-refractivity contribution in [3.8, 4) is 23.8 Å². The van der Waals surface area contributed by atoms with Crippen LogP contribution >= 0.6 is 0 Å². The van der Waals surface area contributed by atoms with Crippen molar-refractivity contribution in [1.29, 1.82) is 0 Å². The first kappa shape index (κ1) is 16.7. The van der Waals surface area contributed by atoms with Gasteiger partial charge in [0.2, 0.25) is 0 Å². The molecule has 0 saturated heterocycles. The van der Waals surface area contributed by atoms with Gasteiger partial charge in [-0.3, -0.25) is 0 Å². The number of hydrogen-bond donors (Lipinski definition) is 1. The summed E-state index contributed by atoms with van der Waals surface area (Å²) in [5, 5.41) is 2.68. The number of carbonyl (C=O) groups excluding carboxylic acids is 1. The minimum atomic E-state index is -0.523. The Morgan fingerprint density at radius 2 is 2.05 bits per heavy atom. The molecule has 0 fully saturated rings. The van der Waals surface area contributed by atoms with Crippen molar-refractivity contribution in [3.63, 3.8) is 0 Å². The summed E-state index contributed by atoms with van der Waals surface area (Å²) in [6.07, 6.45) is 4.71. The molecule has 0 aliphatic carbocycles. The lowest BCUT2D eigenvalue weighted by atomic mass is 10.2. The van der Waals surface area contributed by atoms with E-state index in [2.05, 4.69) is 11.2 Å². The number of ether oxygens (including phenoxy) is 3. The maximum Gasteiger partial charge on any atom is 0.407 e. The van der Waals surface area contributed by atoms with Crippen LogP contribution in [0, 0.1) is 12.3 Å². The Hall–Kier alpha value is -2.35. The Labute approximate surface area is 125 Å². The molecular weight excluding hydrogens is 270 g/mol. The number of amides is 1. The molecule has 1 N–H and O–H groups in total. The summed E-state index contributed by atoms with van der Waals surface area (Å²) in [5.74, 6) is 3.53. The van der Waals surface area contributed by atoms with Crippen LogP contribution in [-0.4, -0.2) is 25.4 Å². The highest BCUT2D eigenvalue weighted by Crippen LogP contribution is 2.28. The number of carbonyl (C=O) groups is 1. The Morgan fingerprint density at radius 3 is 2.62 bits per heavy atom. The molecular formula is C16H21NO4. The van der Waals surface area contributed by atoms with Gasteiger partial charge in [-0.2, -0.15) is 0 Å². The maximum atomic E-state index is 11.6. The number of nitrogens with one attached hydrogen (secondary N) is 1. The normalized spacial score (nSPS) is 10.4. The SMILES string of the molecule is C#CCOc1cc(CNC(=O)OC(C)(C)C)ccc1OC. The molecule has 0 unspecified atom stereocenters. The highest BCUT2D eigenvalue weighted by molar-refractivity contribution is 5.67. The van der Waals surface area contributed by atoms with Crippen LogP contribution in [0.25, 0.3) is 0 Å². The first-order chi connectivity index (χ1) is 9.85. The molecule has 0 aliphatic rings. The van der Waals surface area contributed by atoms with Crippen molar-refractivity contribution in [2.45, 2.75) is 32.9 Å². The summed E-state index contributed by atoms with van der Waals surface area (Å²) in [6.45, 7) is 5.91. The van der Waals surface area contributed by atoms with Gasteiger partial charge < -0.3 is 19.5 Å². The van der Waals surface area contributed by atoms with Crippen molar-refractivity contribution in [2.75, 3.05) is 13.7 Å². The topological polar surface area (TPSA) is 56.8 Å². The van der Waals surface area contributed by atoms with E-state index in [4.69, 9.17) is 20.6 Å². The summed E-state index contributed by atoms with van der Waals surface area (Å²) in [7, 11) is 1.55. The molecule has 21 heavy (non-hydrogen) atoms. The van der Waals surface area contributed by atoms with E-state index in [0.717, 1.165) is 5.56 Å². The fourth-order valence-corrected chi connectivity index (χ4v) is 1.55. The van der Waals surface area contributed by atoms with Crippen molar-refractivity contribution >= 4 is 6.09 Å². The zero-order valence-corrected chi connectivity index (χ0v) is 12.9. The molecule has 114 valence electrons. The average molecular weight is 291 g/mol. The van der Waals surface area contributed by atoms with E-state index in [0.29, 0.717) is 18.0 Å². The van der Waals surface area contributed by atoms with Crippen molar-refractivity contribution in [1.82, 2.24) is 5.32 Å². The molecule has 1 amide bonds. The van der Waals surface area contributed by atoms with Crippen molar-refractivity contribution in [3.05, 3.63) is 23.8 Å². The van der Waals surface area contributed by atoms with Gasteiger partial charge in [-0.25, -0.2) is 4.79 Å². The van der Waals surface area contributed by atoms with Crippen molar-refractivity contribution < 1.29 is 19.0 Å². The lowest BCUT2D eigenvalue weighted by Gasteiger charge is -2.19. The van der Waals surface area contributed by atoms with Gasteiger partial charge in [-0.1, -0.05) is 12.0 Å². The lowest BCUT2D eigenvalue weighted by Crippen LogP contribution is -2.32. The number of terminal acetylenes is 1. The summed E-state index contributed by atoms with van der Waals surface area (Å²) >= 11 is 0. The van der Waals surface area contributed by atoms with E-state index in [9.17, 15) is 4.79 Å². The van der Waals surface area contributed by atoms with Crippen LogP contribution in [0.5, 0.6) is 11.5 Å². The molecule has 0 aromatic heterocycles. The molecule has 0 saturated carbocycles. The van der Waals surface area contributed by atoms with Crippen LogP contribution in [0.4, 0.5) is 4.79 Å². The summed E-state index contributed by atoms with van der Waals surface area (Å²) in [4.78, 5) is 11.6. The van der Waals surface area contributed by atoms with Crippen LogP contribution in [-0.2, 0) is 11.3 Å². The van der Waals surface area contributed by atoms with E-state index >= 15 is 0 Å². The van der Waals surface area contributed by atoms with E-state index in [1.54, 1.807) is 19.2 Å². The minimum absolute atomic E-state index is 0.152. The molecule has 1 aromatic rings. The number of methoxy groups -OCH3 is 1. The third-order valence-corrected chi connectivity index (χ3v) is 2.37. The molecule has 0 spiro atoms. The van der Waals surface area contributed by atoms with Gasteiger partial charge in [-0.15, -0.1) is 6.42 Å².